The lowest BCUT2D eigenvalue weighted by atomic mass is 9.96. The molecule has 3 heteroatoms. The quantitative estimate of drug-likeness (QED) is 0.357. The molecule has 4 rings (SSSR count). The van der Waals surface area contributed by atoms with Gasteiger partial charge in [-0.25, -0.2) is 0 Å². The number of aryl methyl sites for hydroxylation is 1. The lowest BCUT2D eigenvalue weighted by Crippen LogP contribution is -1.95. The van der Waals surface area contributed by atoms with E-state index in [1.165, 1.54) is 36.2 Å². The molecular formula is C18H13ClS2. The Balaban J connectivity index is 1.92. The van der Waals surface area contributed by atoms with E-state index in [0.29, 0.717) is 0 Å². The van der Waals surface area contributed by atoms with Crippen LogP contribution in [0.1, 0.15) is 21.4 Å². The summed E-state index contributed by atoms with van der Waals surface area (Å²) in [5.41, 5.74) is 2.49. The maximum Gasteiger partial charge on any atom is 0.0937 e. The second kappa shape index (κ2) is 5.13. The van der Waals surface area contributed by atoms with E-state index < -0.39 is 0 Å². The first-order chi connectivity index (χ1) is 10.2. The van der Waals surface area contributed by atoms with Crippen LogP contribution in [-0.4, -0.2) is 0 Å². The van der Waals surface area contributed by atoms with E-state index in [-0.39, 0.29) is 5.38 Å². The van der Waals surface area contributed by atoms with Crippen LogP contribution in [0.15, 0.2) is 53.9 Å². The van der Waals surface area contributed by atoms with Gasteiger partial charge >= 0.3 is 0 Å². The Morgan fingerprint density at radius 3 is 2.71 bits per heavy atom. The van der Waals surface area contributed by atoms with Gasteiger partial charge in [-0.1, -0.05) is 36.4 Å². The molecule has 0 nitrogen and oxygen atoms in total. The minimum Gasteiger partial charge on any atom is -0.143 e. The molecule has 21 heavy (non-hydrogen) atoms. The van der Waals surface area contributed by atoms with Crippen LogP contribution in [0.4, 0.5) is 0 Å². The van der Waals surface area contributed by atoms with Crippen molar-refractivity contribution in [1.29, 1.82) is 0 Å². The molecule has 2 aromatic heterocycles. The van der Waals surface area contributed by atoms with Crippen LogP contribution < -0.4 is 0 Å². The number of thiophene rings is 2. The molecule has 0 aliphatic rings. The molecule has 4 aromatic rings. The first kappa shape index (κ1) is 13.3. The van der Waals surface area contributed by atoms with E-state index in [1.807, 2.05) is 0 Å². The average molecular weight is 329 g/mol. The first-order valence-corrected chi connectivity index (χ1v) is 8.96. The van der Waals surface area contributed by atoms with Crippen molar-refractivity contribution in [3.63, 3.8) is 0 Å². The number of rotatable bonds is 2. The van der Waals surface area contributed by atoms with Crippen LogP contribution >= 0.6 is 34.3 Å². The van der Waals surface area contributed by atoms with Gasteiger partial charge in [0, 0.05) is 14.3 Å². The van der Waals surface area contributed by atoms with Gasteiger partial charge in [0.15, 0.2) is 0 Å². The zero-order valence-electron chi connectivity index (χ0n) is 11.5. The Kier molecular flexibility index (Phi) is 3.26. The topological polar surface area (TPSA) is 0 Å². The molecule has 0 spiro atoms. The SMILES string of the molecule is Cc1ccc2ccccc2c1C(Cl)c1cc2sccc2s1. The third kappa shape index (κ3) is 2.18. The van der Waals surface area contributed by atoms with Gasteiger partial charge < -0.3 is 0 Å². The largest absolute Gasteiger partial charge is 0.143 e. The highest BCUT2D eigenvalue weighted by Gasteiger charge is 2.19. The van der Waals surface area contributed by atoms with E-state index in [9.17, 15) is 0 Å². The second-order valence-corrected chi connectivity index (χ2v) is 7.68. The number of alkyl halides is 1. The van der Waals surface area contributed by atoms with E-state index in [2.05, 4.69) is 60.8 Å². The van der Waals surface area contributed by atoms with Crippen molar-refractivity contribution in [3.05, 3.63) is 69.9 Å². The molecule has 0 saturated heterocycles. The minimum absolute atomic E-state index is 0.0827. The van der Waals surface area contributed by atoms with Crippen LogP contribution in [0, 0.1) is 6.92 Å². The molecular weight excluding hydrogens is 316 g/mol. The highest BCUT2D eigenvalue weighted by molar-refractivity contribution is 7.27. The Morgan fingerprint density at radius 2 is 1.86 bits per heavy atom. The zero-order valence-corrected chi connectivity index (χ0v) is 13.9. The number of hydrogen-bond acceptors (Lipinski definition) is 2. The summed E-state index contributed by atoms with van der Waals surface area (Å²) in [7, 11) is 0. The van der Waals surface area contributed by atoms with E-state index in [0.717, 1.165) is 0 Å². The van der Waals surface area contributed by atoms with Gasteiger partial charge in [-0.05, 0) is 46.3 Å². The normalized spacial score (nSPS) is 13.0. The average Bonchev–Trinajstić information content (AvgIpc) is 3.07. The van der Waals surface area contributed by atoms with Gasteiger partial charge in [0.05, 0.1) is 5.38 Å². The molecule has 0 amide bonds. The summed E-state index contributed by atoms with van der Waals surface area (Å²) in [5.74, 6) is 0. The van der Waals surface area contributed by atoms with Gasteiger partial charge in [-0.15, -0.1) is 34.3 Å². The van der Waals surface area contributed by atoms with Gasteiger partial charge in [0.25, 0.3) is 0 Å². The molecule has 0 saturated carbocycles. The fraction of sp³-hybridized carbons (Fsp3) is 0.111. The Morgan fingerprint density at radius 1 is 1.00 bits per heavy atom. The molecule has 1 unspecified atom stereocenters. The Bertz CT molecular complexity index is 904. The number of benzene rings is 2. The molecule has 0 aliphatic carbocycles. The van der Waals surface area contributed by atoms with Crippen LogP contribution in [0.2, 0.25) is 0 Å². The summed E-state index contributed by atoms with van der Waals surface area (Å²) in [6, 6.07) is 17.2. The summed E-state index contributed by atoms with van der Waals surface area (Å²) in [6.45, 7) is 2.15. The fourth-order valence-electron chi connectivity index (χ4n) is 2.79. The first-order valence-electron chi connectivity index (χ1n) is 6.83. The van der Waals surface area contributed by atoms with Gasteiger partial charge in [-0.3, -0.25) is 0 Å². The van der Waals surface area contributed by atoms with Crippen LogP contribution in [0.3, 0.4) is 0 Å². The lowest BCUT2D eigenvalue weighted by molar-refractivity contribution is 1.17. The Hall–Kier alpha value is -1.35. The molecule has 2 aromatic carbocycles. The summed E-state index contributed by atoms with van der Waals surface area (Å²) in [6.07, 6.45) is 0. The van der Waals surface area contributed by atoms with Crippen molar-refractivity contribution in [3.8, 4) is 0 Å². The van der Waals surface area contributed by atoms with Crippen molar-refractivity contribution >= 4 is 54.4 Å². The van der Waals surface area contributed by atoms with Crippen molar-refractivity contribution in [2.75, 3.05) is 0 Å². The molecule has 0 N–H and O–H groups in total. The maximum atomic E-state index is 6.86. The van der Waals surface area contributed by atoms with E-state index >= 15 is 0 Å². The summed E-state index contributed by atoms with van der Waals surface area (Å²) in [5, 5.41) is 4.56. The van der Waals surface area contributed by atoms with Crippen LogP contribution in [0.25, 0.3) is 20.2 Å². The molecule has 1 atom stereocenters. The fourth-order valence-corrected chi connectivity index (χ4v) is 5.39. The van der Waals surface area contributed by atoms with Crippen molar-refractivity contribution < 1.29 is 0 Å². The molecule has 0 bridgehead atoms. The van der Waals surface area contributed by atoms with Crippen molar-refractivity contribution in [2.45, 2.75) is 12.3 Å². The van der Waals surface area contributed by atoms with Crippen LogP contribution in [0.5, 0.6) is 0 Å². The third-order valence-corrected chi connectivity index (χ3v) is 6.59. The monoisotopic (exact) mass is 328 g/mol. The predicted octanol–water partition coefficient (Wildman–Crippen LogP) is 6.75. The molecule has 2 heterocycles. The highest BCUT2D eigenvalue weighted by Crippen LogP contribution is 2.42. The van der Waals surface area contributed by atoms with Gasteiger partial charge in [0.2, 0.25) is 0 Å². The maximum absolute atomic E-state index is 6.86. The smallest absolute Gasteiger partial charge is 0.0937 e. The number of hydrogen-bond donors (Lipinski definition) is 0. The lowest BCUT2D eigenvalue weighted by Gasteiger charge is -2.14. The molecule has 0 radical (unpaired) electrons. The highest BCUT2D eigenvalue weighted by atomic mass is 35.5. The van der Waals surface area contributed by atoms with Crippen LogP contribution in [-0.2, 0) is 0 Å². The third-order valence-electron chi connectivity index (χ3n) is 3.85. The van der Waals surface area contributed by atoms with Crippen molar-refractivity contribution in [2.24, 2.45) is 0 Å². The number of fused-ring (bicyclic) bond motifs is 2. The van der Waals surface area contributed by atoms with E-state index in [1.54, 1.807) is 22.7 Å². The molecule has 0 fully saturated rings. The summed E-state index contributed by atoms with van der Waals surface area (Å²) >= 11 is 10.4. The zero-order chi connectivity index (χ0) is 14.4. The second-order valence-electron chi connectivity index (χ2n) is 5.18. The van der Waals surface area contributed by atoms with Gasteiger partial charge in [0.1, 0.15) is 0 Å². The summed E-state index contributed by atoms with van der Waals surface area (Å²) in [4.78, 5) is 1.23. The van der Waals surface area contributed by atoms with Gasteiger partial charge in [-0.2, -0.15) is 0 Å². The summed E-state index contributed by atoms with van der Waals surface area (Å²) < 4.78 is 2.66. The van der Waals surface area contributed by atoms with Crippen molar-refractivity contribution in [1.82, 2.24) is 0 Å². The molecule has 0 aliphatic heterocycles. The molecule has 104 valence electrons. The standard InChI is InChI=1S/C18H13ClS2/c1-11-6-7-12-4-2-3-5-13(12)17(11)18(19)16-10-15-14(21-16)8-9-20-15/h2-10,18H,1H3. The predicted molar refractivity (Wildman–Crippen MR) is 96.1 cm³/mol. The Labute approximate surface area is 136 Å². The van der Waals surface area contributed by atoms with E-state index in [4.69, 9.17) is 11.6 Å². The minimum atomic E-state index is -0.0827. The number of halogens is 1.